The Hall–Kier alpha value is -3.65. The summed E-state index contributed by atoms with van der Waals surface area (Å²) in [4.78, 5) is 29.2. The quantitative estimate of drug-likeness (QED) is 0.259. The van der Waals surface area contributed by atoms with Gasteiger partial charge in [-0.1, -0.05) is 74.4 Å². The van der Waals surface area contributed by atoms with Crippen LogP contribution in [-0.4, -0.2) is 44.3 Å². The van der Waals surface area contributed by atoms with Crippen LogP contribution in [0.4, 0.5) is 5.69 Å². The Morgan fingerprint density at radius 3 is 2.15 bits per heavy atom. The van der Waals surface area contributed by atoms with E-state index in [-0.39, 0.29) is 17.3 Å². The Bertz CT molecular complexity index is 1450. The summed E-state index contributed by atoms with van der Waals surface area (Å²) in [5, 5.41) is 2.97. The lowest BCUT2D eigenvalue weighted by Crippen LogP contribution is -2.52. The van der Waals surface area contributed by atoms with Crippen molar-refractivity contribution in [1.29, 1.82) is 0 Å². The molecule has 0 aliphatic heterocycles. The second-order valence-corrected chi connectivity index (χ2v) is 12.5. The topological polar surface area (TPSA) is 86.8 Å². The van der Waals surface area contributed by atoms with Crippen molar-refractivity contribution in [3.8, 4) is 0 Å². The molecule has 41 heavy (non-hydrogen) atoms. The molecule has 3 rings (SSSR count). The van der Waals surface area contributed by atoms with E-state index in [1.165, 1.54) is 9.21 Å². The van der Waals surface area contributed by atoms with Crippen LogP contribution in [0.2, 0.25) is 0 Å². The number of aryl methyl sites for hydroxylation is 4. The van der Waals surface area contributed by atoms with E-state index in [1.54, 1.807) is 30.3 Å². The predicted octanol–water partition coefficient (Wildman–Crippen LogP) is 5.84. The summed E-state index contributed by atoms with van der Waals surface area (Å²) in [6.45, 7) is 11.8. The lowest BCUT2D eigenvalue weighted by atomic mass is 10.1. The molecule has 2 amide bonds. The molecule has 0 spiro atoms. The fourth-order valence-electron chi connectivity index (χ4n) is 4.74. The molecule has 7 nitrogen and oxygen atoms in total. The van der Waals surface area contributed by atoms with Gasteiger partial charge in [0.15, 0.2) is 0 Å². The van der Waals surface area contributed by atoms with Crippen molar-refractivity contribution in [1.82, 2.24) is 10.2 Å². The number of benzene rings is 3. The van der Waals surface area contributed by atoms with E-state index >= 15 is 0 Å². The number of amides is 2. The van der Waals surface area contributed by atoms with Gasteiger partial charge in [0.2, 0.25) is 11.8 Å². The molecule has 0 fully saturated rings. The van der Waals surface area contributed by atoms with Gasteiger partial charge in [0.1, 0.15) is 12.6 Å². The number of nitrogens with one attached hydrogen (secondary N) is 1. The fraction of sp³-hybridized carbons (Fsp3) is 0.394. The minimum atomic E-state index is -4.10. The van der Waals surface area contributed by atoms with Gasteiger partial charge in [-0.2, -0.15) is 0 Å². The van der Waals surface area contributed by atoms with E-state index in [9.17, 15) is 18.0 Å². The van der Waals surface area contributed by atoms with Gasteiger partial charge in [-0.15, -0.1) is 0 Å². The molecule has 3 aromatic carbocycles. The van der Waals surface area contributed by atoms with Crippen molar-refractivity contribution in [2.75, 3.05) is 17.4 Å². The zero-order valence-corrected chi connectivity index (χ0v) is 25.9. The third-order valence-corrected chi connectivity index (χ3v) is 9.11. The Balaban J connectivity index is 2.09. The summed E-state index contributed by atoms with van der Waals surface area (Å²) >= 11 is 0. The molecule has 0 saturated heterocycles. The smallest absolute Gasteiger partial charge is 0.264 e. The predicted molar refractivity (Wildman–Crippen MR) is 165 cm³/mol. The van der Waals surface area contributed by atoms with E-state index in [0.29, 0.717) is 18.7 Å². The van der Waals surface area contributed by atoms with Gasteiger partial charge in [-0.05, 0) is 81.0 Å². The highest BCUT2D eigenvalue weighted by Crippen LogP contribution is 2.29. The molecule has 1 N–H and O–H groups in total. The average molecular weight is 578 g/mol. The summed E-state index contributed by atoms with van der Waals surface area (Å²) in [5.41, 5.74) is 4.87. The van der Waals surface area contributed by atoms with Crippen molar-refractivity contribution in [3.05, 3.63) is 94.5 Å². The van der Waals surface area contributed by atoms with E-state index in [2.05, 4.69) is 5.32 Å². The van der Waals surface area contributed by atoms with Crippen molar-refractivity contribution in [2.45, 2.75) is 78.3 Å². The van der Waals surface area contributed by atoms with Gasteiger partial charge in [0, 0.05) is 13.1 Å². The first-order chi connectivity index (χ1) is 19.5. The number of hydrogen-bond acceptors (Lipinski definition) is 4. The summed E-state index contributed by atoms with van der Waals surface area (Å²) in [7, 11) is -4.10. The van der Waals surface area contributed by atoms with E-state index in [4.69, 9.17) is 0 Å². The number of unbranched alkanes of at least 4 members (excludes halogenated alkanes) is 1. The number of hydrogen-bond donors (Lipinski definition) is 1. The molecule has 0 aliphatic carbocycles. The second kappa shape index (κ2) is 14.3. The van der Waals surface area contributed by atoms with Crippen LogP contribution in [0.1, 0.15) is 60.9 Å². The Kier molecular flexibility index (Phi) is 11.1. The molecular formula is C33H43N3O4S. The van der Waals surface area contributed by atoms with Crippen LogP contribution >= 0.6 is 0 Å². The monoisotopic (exact) mass is 577 g/mol. The Labute approximate surface area is 245 Å². The number of nitrogens with zero attached hydrogens (tertiary/aromatic N) is 2. The van der Waals surface area contributed by atoms with Crippen molar-refractivity contribution in [2.24, 2.45) is 0 Å². The molecule has 0 aliphatic rings. The maximum Gasteiger partial charge on any atom is 0.264 e. The van der Waals surface area contributed by atoms with E-state index < -0.39 is 28.5 Å². The maximum absolute atomic E-state index is 14.2. The highest BCUT2D eigenvalue weighted by atomic mass is 32.2. The molecule has 1 unspecified atom stereocenters. The van der Waals surface area contributed by atoms with Crippen molar-refractivity contribution < 1.29 is 18.0 Å². The van der Waals surface area contributed by atoms with Gasteiger partial charge >= 0.3 is 0 Å². The lowest BCUT2D eigenvalue weighted by molar-refractivity contribution is -0.140. The highest BCUT2D eigenvalue weighted by molar-refractivity contribution is 7.92. The Morgan fingerprint density at radius 2 is 1.51 bits per heavy atom. The molecule has 0 bridgehead atoms. The zero-order chi connectivity index (χ0) is 30.2. The van der Waals surface area contributed by atoms with Crippen LogP contribution in [0.3, 0.4) is 0 Å². The van der Waals surface area contributed by atoms with Gasteiger partial charge in [-0.25, -0.2) is 8.42 Å². The summed E-state index contributed by atoms with van der Waals surface area (Å²) in [5.74, 6) is -0.676. The number of sulfonamides is 1. The minimum Gasteiger partial charge on any atom is -0.354 e. The largest absolute Gasteiger partial charge is 0.354 e. The molecule has 0 saturated carbocycles. The highest BCUT2D eigenvalue weighted by Gasteiger charge is 2.34. The third kappa shape index (κ3) is 7.97. The van der Waals surface area contributed by atoms with Crippen molar-refractivity contribution in [3.63, 3.8) is 0 Å². The van der Waals surface area contributed by atoms with E-state index in [1.807, 2.05) is 77.9 Å². The van der Waals surface area contributed by atoms with Crippen LogP contribution in [0.15, 0.2) is 71.6 Å². The third-order valence-electron chi connectivity index (χ3n) is 7.34. The minimum absolute atomic E-state index is 0.103. The number of anilines is 1. The van der Waals surface area contributed by atoms with Crippen LogP contribution in [-0.2, 0) is 26.2 Å². The molecule has 0 heterocycles. The molecular weight excluding hydrogens is 534 g/mol. The normalized spacial score (nSPS) is 12.0. The number of carbonyl (C=O) groups is 2. The fourth-order valence-corrected chi connectivity index (χ4v) is 6.21. The molecule has 3 aromatic rings. The van der Waals surface area contributed by atoms with Crippen LogP contribution in [0.25, 0.3) is 0 Å². The maximum atomic E-state index is 14.2. The average Bonchev–Trinajstić information content (AvgIpc) is 2.94. The first kappa shape index (κ1) is 31.9. The van der Waals surface area contributed by atoms with Gasteiger partial charge in [0.05, 0.1) is 10.6 Å². The van der Waals surface area contributed by atoms with Crippen LogP contribution in [0, 0.1) is 27.7 Å². The van der Waals surface area contributed by atoms with E-state index in [0.717, 1.165) is 40.7 Å². The van der Waals surface area contributed by atoms with Gasteiger partial charge in [0.25, 0.3) is 10.0 Å². The first-order valence-corrected chi connectivity index (χ1v) is 15.7. The summed E-state index contributed by atoms with van der Waals surface area (Å²) < 4.78 is 29.4. The van der Waals surface area contributed by atoms with Crippen molar-refractivity contribution >= 4 is 27.5 Å². The zero-order valence-electron chi connectivity index (χ0n) is 25.1. The van der Waals surface area contributed by atoms with Crippen LogP contribution in [0.5, 0.6) is 0 Å². The lowest BCUT2D eigenvalue weighted by Gasteiger charge is -2.34. The van der Waals surface area contributed by atoms with Crippen LogP contribution < -0.4 is 9.62 Å². The van der Waals surface area contributed by atoms with Gasteiger partial charge in [-0.3, -0.25) is 13.9 Å². The SMILES string of the molecule is CCCCNC(=O)C(CC)N(Cc1ccccc1C)C(=O)CN(c1cc(C)ccc1C)S(=O)(=O)c1ccc(C)cc1. The second-order valence-electron chi connectivity index (χ2n) is 10.6. The summed E-state index contributed by atoms with van der Waals surface area (Å²) in [6, 6.07) is 19.1. The first-order valence-electron chi connectivity index (χ1n) is 14.3. The number of carbonyl (C=O) groups excluding carboxylic acids is 2. The molecule has 0 aromatic heterocycles. The molecule has 220 valence electrons. The molecule has 8 heteroatoms. The Morgan fingerprint density at radius 1 is 0.854 bits per heavy atom. The van der Waals surface area contributed by atoms with Gasteiger partial charge < -0.3 is 10.2 Å². The summed E-state index contributed by atoms with van der Waals surface area (Å²) in [6.07, 6.45) is 2.16. The number of rotatable bonds is 13. The molecule has 1 atom stereocenters. The standard InChI is InChI=1S/C33H43N3O4S/c1-7-9-20-34-33(38)30(8-2)35(22-28-13-11-10-12-26(28)5)32(37)23-36(31-21-25(4)14-17-27(31)6)41(39,40)29-18-15-24(3)16-19-29/h10-19,21,30H,7-9,20,22-23H2,1-6H3,(H,34,38). The molecule has 0 radical (unpaired) electrons.